The van der Waals surface area contributed by atoms with Gasteiger partial charge in [0.15, 0.2) is 0 Å². The number of rotatable bonds is 5. The smallest absolute Gasteiger partial charge is 0.239 e. The summed E-state index contributed by atoms with van der Waals surface area (Å²) in [7, 11) is 3.52. The highest BCUT2D eigenvalue weighted by atomic mass is 16.5. The van der Waals surface area contributed by atoms with Gasteiger partial charge in [0.05, 0.1) is 13.2 Å². The van der Waals surface area contributed by atoms with E-state index in [0.29, 0.717) is 0 Å². The van der Waals surface area contributed by atoms with Crippen molar-refractivity contribution in [3.8, 4) is 5.75 Å². The van der Waals surface area contributed by atoms with Crippen molar-refractivity contribution in [3.05, 3.63) is 29.3 Å². The highest BCUT2D eigenvalue weighted by Crippen LogP contribution is 2.34. The first-order chi connectivity index (χ1) is 9.56. The molecule has 0 heterocycles. The van der Waals surface area contributed by atoms with E-state index >= 15 is 0 Å². The molecule has 4 nitrogen and oxygen atoms in total. The normalized spacial score (nSPS) is 18.5. The van der Waals surface area contributed by atoms with Crippen LogP contribution in [0.1, 0.15) is 37.4 Å². The van der Waals surface area contributed by atoms with E-state index < -0.39 is 0 Å². The first kappa shape index (κ1) is 14.9. The molecule has 2 unspecified atom stereocenters. The third-order valence-corrected chi connectivity index (χ3v) is 4.10. The number of nitrogens with one attached hydrogen (secondary N) is 1. The zero-order valence-corrected chi connectivity index (χ0v) is 12.8. The van der Waals surface area contributed by atoms with Gasteiger partial charge < -0.3 is 9.64 Å². The molecule has 1 aliphatic carbocycles. The third kappa shape index (κ3) is 2.96. The molecule has 2 rings (SSSR count). The van der Waals surface area contributed by atoms with Crippen molar-refractivity contribution in [2.75, 3.05) is 20.7 Å². The molecule has 0 aromatic heterocycles. The monoisotopic (exact) mass is 276 g/mol. The molecule has 0 fully saturated rings. The Morgan fingerprint density at radius 1 is 1.55 bits per heavy atom. The molecular formula is C16H24N2O2. The number of amides is 1. The number of carbonyl (C=O) groups excluding carboxylic acids is 1. The van der Waals surface area contributed by atoms with E-state index in [1.54, 1.807) is 12.0 Å². The van der Waals surface area contributed by atoms with E-state index in [1.165, 1.54) is 11.1 Å². The van der Waals surface area contributed by atoms with Crippen LogP contribution in [0.3, 0.4) is 0 Å². The van der Waals surface area contributed by atoms with Gasteiger partial charge in [-0.05, 0) is 49.9 Å². The molecular weight excluding hydrogens is 252 g/mol. The Balaban J connectivity index is 2.08. The molecule has 2 atom stereocenters. The molecule has 20 heavy (non-hydrogen) atoms. The summed E-state index contributed by atoms with van der Waals surface area (Å²) in [6.07, 6.45) is 2.09. The lowest BCUT2D eigenvalue weighted by atomic mass is 10.1. The summed E-state index contributed by atoms with van der Waals surface area (Å²) in [6.45, 7) is 4.66. The number of benzene rings is 1. The van der Waals surface area contributed by atoms with E-state index in [0.717, 1.165) is 25.1 Å². The Labute approximate surface area is 121 Å². The molecule has 1 aromatic rings. The Bertz CT molecular complexity index is 487. The molecule has 1 amide bonds. The summed E-state index contributed by atoms with van der Waals surface area (Å²) in [5, 5.41) is 3.45. The van der Waals surface area contributed by atoms with Crippen molar-refractivity contribution in [3.63, 3.8) is 0 Å². The highest BCUT2D eigenvalue weighted by Gasteiger charge is 2.26. The van der Waals surface area contributed by atoms with Gasteiger partial charge in [0.1, 0.15) is 5.75 Å². The Hall–Kier alpha value is -1.55. The molecule has 4 heteroatoms. The maximum atomic E-state index is 12.1. The minimum Gasteiger partial charge on any atom is -0.497 e. The number of methoxy groups -OCH3 is 1. The Kier molecular flexibility index (Phi) is 4.65. The number of likely N-dealkylation sites (N-methyl/N-ethyl adjacent to an activating group) is 1. The number of aryl methyl sites for hydroxylation is 1. The SMILES string of the molecule is CCN(C)C(=O)C(C)NC1CCc2ccc(OC)cc21. The average molecular weight is 276 g/mol. The molecule has 1 aliphatic rings. The largest absolute Gasteiger partial charge is 0.497 e. The van der Waals surface area contributed by atoms with E-state index in [4.69, 9.17) is 4.74 Å². The van der Waals surface area contributed by atoms with Gasteiger partial charge in [-0.15, -0.1) is 0 Å². The van der Waals surface area contributed by atoms with Gasteiger partial charge in [0.25, 0.3) is 0 Å². The van der Waals surface area contributed by atoms with Crippen molar-refractivity contribution < 1.29 is 9.53 Å². The van der Waals surface area contributed by atoms with Crippen LogP contribution in [0.25, 0.3) is 0 Å². The molecule has 0 bridgehead atoms. The highest BCUT2D eigenvalue weighted by molar-refractivity contribution is 5.81. The average Bonchev–Trinajstić information content (AvgIpc) is 2.87. The van der Waals surface area contributed by atoms with E-state index in [1.807, 2.05) is 27.0 Å². The maximum absolute atomic E-state index is 12.1. The summed E-state index contributed by atoms with van der Waals surface area (Å²) in [6, 6.07) is 6.29. The summed E-state index contributed by atoms with van der Waals surface area (Å²) in [5.74, 6) is 1.02. The van der Waals surface area contributed by atoms with Crippen LogP contribution in [-0.4, -0.2) is 37.6 Å². The van der Waals surface area contributed by atoms with E-state index in [9.17, 15) is 4.79 Å². The predicted octanol–water partition coefficient (Wildman–Crippen LogP) is 2.14. The molecule has 0 aliphatic heterocycles. The second-order valence-electron chi connectivity index (χ2n) is 5.40. The lowest BCUT2D eigenvalue weighted by Gasteiger charge is -2.24. The third-order valence-electron chi connectivity index (χ3n) is 4.10. The number of carbonyl (C=O) groups is 1. The van der Waals surface area contributed by atoms with Crippen LogP contribution in [0.15, 0.2) is 18.2 Å². The van der Waals surface area contributed by atoms with Crippen LogP contribution in [0.4, 0.5) is 0 Å². The van der Waals surface area contributed by atoms with Gasteiger partial charge >= 0.3 is 0 Å². The molecule has 0 saturated carbocycles. The van der Waals surface area contributed by atoms with Gasteiger partial charge in [0.2, 0.25) is 5.91 Å². The van der Waals surface area contributed by atoms with Crippen LogP contribution in [-0.2, 0) is 11.2 Å². The van der Waals surface area contributed by atoms with Gasteiger partial charge in [-0.25, -0.2) is 0 Å². The maximum Gasteiger partial charge on any atom is 0.239 e. The fourth-order valence-corrected chi connectivity index (χ4v) is 2.74. The summed E-state index contributed by atoms with van der Waals surface area (Å²) >= 11 is 0. The number of ether oxygens (including phenoxy) is 1. The van der Waals surface area contributed by atoms with Gasteiger partial charge in [-0.1, -0.05) is 6.07 Å². The second-order valence-corrected chi connectivity index (χ2v) is 5.40. The van der Waals surface area contributed by atoms with E-state index in [-0.39, 0.29) is 18.0 Å². The fourth-order valence-electron chi connectivity index (χ4n) is 2.74. The van der Waals surface area contributed by atoms with Crippen LogP contribution in [0, 0.1) is 0 Å². The Morgan fingerprint density at radius 3 is 2.95 bits per heavy atom. The van der Waals surface area contributed by atoms with Crippen molar-refractivity contribution in [2.45, 2.75) is 38.8 Å². The zero-order chi connectivity index (χ0) is 14.7. The fraction of sp³-hybridized carbons (Fsp3) is 0.562. The van der Waals surface area contributed by atoms with Crippen LogP contribution >= 0.6 is 0 Å². The lowest BCUT2D eigenvalue weighted by Crippen LogP contribution is -2.44. The first-order valence-electron chi connectivity index (χ1n) is 7.24. The standard InChI is InChI=1S/C16H24N2O2/c1-5-18(3)16(19)11(2)17-15-9-7-12-6-8-13(20-4)10-14(12)15/h6,8,10-11,15,17H,5,7,9H2,1-4H3. The van der Waals surface area contributed by atoms with E-state index in [2.05, 4.69) is 17.4 Å². The quantitative estimate of drug-likeness (QED) is 0.896. The van der Waals surface area contributed by atoms with Gasteiger partial charge in [-0.3, -0.25) is 10.1 Å². The number of fused-ring (bicyclic) bond motifs is 1. The minimum absolute atomic E-state index is 0.142. The molecule has 1 N–H and O–H groups in total. The topological polar surface area (TPSA) is 41.6 Å². The van der Waals surface area contributed by atoms with Crippen LogP contribution in [0.5, 0.6) is 5.75 Å². The second kappa shape index (κ2) is 6.27. The molecule has 1 aromatic carbocycles. The van der Waals surface area contributed by atoms with Crippen molar-refractivity contribution in [1.82, 2.24) is 10.2 Å². The molecule has 0 radical (unpaired) electrons. The van der Waals surface area contributed by atoms with Gasteiger partial charge in [-0.2, -0.15) is 0 Å². The van der Waals surface area contributed by atoms with Crippen molar-refractivity contribution in [1.29, 1.82) is 0 Å². The number of nitrogens with zero attached hydrogens (tertiary/aromatic N) is 1. The molecule has 0 saturated heterocycles. The van der Waals surface area contributed by atoms with Crippen molar-refractivity contribution >= 4 is 5.91 Å². The molecule has 0 spiro atoms. The summed E-state index contributed by atoms with van der Waals surface area (Å²) in [5.41, 5.74) is 2.62. The van der Waals surface area contributed by atoms with Gasteiger partial charge in [0, 0.05) is 19.6 Å². The van der Waals surface area contributed by atoms with Crippen molar-refractivity contribution in [2.24, 2.45) is 0 Å². The Morgan fingerprint density at radius 2 is 2.30 bits per heavy atom. The zero-order valence-electron chi connectivity index (χ0n) is 12.8. The molecule has 110 valence electrons. The summed E-state index contributed by atoms with van der Waals surface area (Å²) in [4.78, 5) is 13.9. The lowest BCUT2D eigenvalue weighted by molar-refractivity contribution is -0.131. The predicted molar refractivity (Wildman–Crippen MR) is 80.0 cm³/mol. The first-order valence-corrected chi connectivity index (χ1v) is 7.24. The van der Waals surface area contributed by atoms with Crippen LogP contribution in [0.2, 0.25) is 0 Å². The number of hydrogen-bond acceptors (Lipinski definition) is 3. The number of hydrogen-bond donors (Lipinski definition) is 1. The summed E-state index contributed by atoms with van der Waals surface area (Å²) < 4.78 is 5.29. The minimum atomic E-state index is -0.165. The van der Waals surface area contributed by atoms with Crippen LogP contribution < -0.4 is 10.1 Å².